The number of amides is 2. The van der Waals surface area contributed by atoms with Gasteiger partial charge in [0.15, 0.2) is 0 Å². The quantitative estimate of drug-likeness (QED) is 0.897. The summed E-state index contributed by atoms with van der Waals surface area (Å²) in [6, 6.07) is 6.54. The highest BCUT2D eigenvalue weighted by Crippen LogP contribution is 2.28. The summed E-state index contributed by atoms with van der Waals surface area (Å²) in [5, 5.41) is 6.17. The van der Waals surface area contributed by atoms with Gasteiger partial charge in [0.25, 0.3) is 0 Å². The van der Waals surface area contributed by atoms with Crippen LogP contribution >= 0.6 is 11.6 Å². The number of carbonyl (C=O) groups is 2. The molecule has 1 atom stereocenters. The van der Waals surface area contributed by atoms with E-state index in [1.807, 2.05) is 0 Å². The molecule has 4 nitrogen and oxygen atoms in total. The van der Waals surface area contributed by atoms with Crippen LogP contribution in [0, 0.1) is 5.92 Å². The topological polar surface area (TPSA) is 58.2 Å². The molecular formula is C15H19ClN2O2. The Kier molecular flexibility index (Phi) is 5.01. The molecule has 2 rings (SSSR count). The number of nitrogens with one attached hydrogen (secondary N) is 2. The van der Waals surface area contributed by atoms with Gasteiger partial charge in [0.05, 0.1) is 0 Å². The van der Waals surface area contributed by atoms with E-state index >= 15 is 0 Å². The van der Waals surface area contributed by atoms with Crippen molar-refractivity contribution in [2.45, 2.75) is 38.6 Å². The summed E-state index contributed by atoms with van der Waals surface area (Å²) in [7, 11) is 0. The third-order valence-electron chi connectivity index (χ3n) is 3.60. The molecule has 20 heavy (non-hydrogen) atoms. The molecule has 1 aromatic carbocycles. The van der Waals surface area contributed by atoms with Gasteiger partial charge in [-0.1, -0.05) is 30.5 Å². The molecule has 0 heterocycles. The highest BCUT2D eigenvalue weighted by Gasteiger charge is 2.31. The first kappa shape index (κ1) is 14.9. The minimum atomic E-state index is -0.464. The molecule has 2 N–H and O–H groups in total. The third kappa shape index (κ3) is 3.97. The molecule has 1 fully saturated rings. The van der Waals surface area contributed by atoms with Gasteiger partial charge in [-0.15, -0.1) is 0 Å². The molecule has 1 aromatic rings. The number of benzene rings is 1. The van der Waals surface area contributed by atoms with Crippen LogP contribution in [0.3, 0.4) is 0 Å². The van der Waals surface area contributed by atoms with E-state index in [1.54, 1.807) is 24.3 Å². The molecule has 108 valence electrons. The van der Waals surface area contributed by atoms with Crippen LogP contribution in [0.5, 0.6) is 0 Å². The maximum absolute atomic E-state index is 12.4. The monoisotopic (exact) mass is 294 g/mol. The molecule has 0 aromatic heterocycles. The fourth-order valence-electron chi connectivity index (χ4n) is 2.69. The van der Waals surface area contributed by atoms with Gasteiger partial charge in [0.1, 0.15) is 6.04 Å². The van der Waals surface area contributed by atoms with Crippen LogP contribution in [0.15, 0.2) is 24.3 Å². The standard InChI is InChI=1S/C15H19ClN2O2/c1-10(19)17-14(11-5-2-3-6-11)15(20)18-13-8-4-7-12(16)9-13/h4,7-9,11,14H,2-3,5-6H2,1H3,(H,17,19)(H,18,20)/t14-/m1/s1. The molecular weight excluding hydrogens is 276 g/mol. The fourth-order valence-corrected chi connectivity index (χ4v) is 2.88. The van der Waals surface area contributed by atoms with Crippen LogP contribution in [-0.4, -0.2) is 17.9 Å². The Labute approximate surface area is 123 Å². The highest BCUT2D eigenvalue weighted by atomic mass is 35.5. The average Bonchev–Trinajstić information content (AvgIpc) is 2.89. The normalized spacial score (nSPS) is 16.7. The van der Waals surface area contributed by atoms with E-state index in [-0.39, 0.29) is 17.7 Å². The second-order valence-corrected chi connectivity index (χ2v) is 5.66. The van der Waals surface area contributed by atoms with Crippen LogP contribution in [0.2, 0.25) is 5.02 Å². The largest absolute Gasteiger partial charge is 0.344 e. The van der Waals surface area contributed by atoms with Gasteiger partial charge in [-0.05, 0) is 37.0 Å². The van der Waals surface area contributed by atoms with Crippen molar-refractivity contribution in [1.82, 2.24) is 5.32 Å². The Balaban J connectivity index is 2.07. The van der Waals surface area contributed by atoms with E-state index in [0.29, 0.717) is 10.7 Å². The molecule has 0 radical (unpaired) electrons. The van der Waals surface area contributed by atoms with Crippen LogP contribution < -0.4 is 10.6 Å². The predicted octanol–water partition coefficient (Wildman–Crippen LogP) is 2.97. The van der Waals surface area contributed by atoms with E-state index in [0.717, 1.165) is 25.7 Å². The summed E-state index contributed by atoms with van der Waals surface area (Å²) in [6.07, 6.45) is 4.19. The first-order valence-electron chi connectivity index (χ1n) is 6.90. The van der Waals surface area contributed by atoms with Crippen molar-refractivity contribution < 1.29 is 9.59 Å². The van der Waals surface area contributed by atoms with Crippen LogP contribution in [0.1, 0.15) is 32.6 Å². The van der Waals surface area contributed by atoms with Crippen LogP contribution in [0.4, 0.5) is 5.69 Å². The van der Waals surface area contributed by atoms with Gasteiger partial charge < -0.3 is 10.6 Å². The molecule has 1 aliphatic rings. The van der Waals surface area contributed by atoms with Crippen LogP contribution in [-0.2, 0) is 9.59 Å². The minimum Gasteiger partial charge on any atom is -0.344 e. The van der Waals surface area contributed by atoms with E-state index in [9.17, 15) is 9.59 Å². The summed E-state index contributed by atoms with van der Waals surface area (Å²) in [4.78, 5) is 23.7. The zero-order valence-electron chi connectivity index (χ0n) is 11.5. The second kappa shape index (κ2) is 6.75. The van der Waals surface area contributed by atoms with Crippen molar-refractivity contribution in [3.8, 4) is 0 Å². The fraction of sp³-hybridized carbons (Fsp3) is 0.467. The van der Waals surface area contributed by atoms with Crippen molar-refractivity contribution in [1.29, 1.82) is 0 Å². The van der Waals surface area contributed by atoms with Gasteiger partial charge >= 0.3 is 0 Å². The molecule has 5 heteroatoms. The zero-order valence-corrected chi connectivity index (χ0v) is 12.2. The molecule has 0 spiro atoms. The lowest BCUT2D eigenvalue weighted by molar-refractivity contribution is -0.126. The number of hydrogen-bond acceptors (Lipinski definition) is 2. The smallest absolute Gasteiger partial charge is 0.247 e. The van der Waals surface area contributed by atoms with Crippen LogP contribution in [0.25, 0.3) is 0 Å². The Morgan fingerprint density at radius 1 is 1.30 bits per heavy atom. The number of carbonyl (C=O) groups excluding carboxylic acids is 2. The van der Waals surface area contributed by atoms with Gasteiger partial charge in [-0.3, -0.25) is 9.59 Å². The lowest BCUT2D eigenvalue weighted by Gasteiger charge is -2.23. The summed E-state index contributed by atoms with van der Waals surface area (Å²) >= 11 is 5.90. The first-order chi connectivity index (χ1) is 9.56. The molecule has 0 aliphatic heterocycles. The van der Waals surface area contributed by atoms with Crippen molar-refractivity contribution in [2.24, 2.45) is 5.92 Å². The Morgan fingerprint density at radius 3 is 2.60 bits per heavy atom. The predicted molar refractivity (Wildman–Crippen MR) is 79.6 cm³/mol. The van der Waals surface area contributed by atoms with E-state index < -0.39 is 6.04 Å². The molecule has 0 saturated heterocycles. The summed E-state index contributed by atoms with van der Waals surface area (Å²) in [6.45, 7) is 1.44. The van der Waals surface area contributed by atoms with Crippen molar-refractivity contribution in [3.63, 3.8) is 0 Å². The Morgan fingerprint density at radius 2 is 2.00 bits per heavy atom. The Hall–Kier alpha value is -1.55. The van der Waals surface area contributed by atoms with Gasteiger partial charge in [0, 0.05) is 17.6 Å². The van der Waals surface area contributed by atoms with Crippen molar-refractivity contribution >= 4 is 29.1 Å². The number of anilines is 1. The number of halogens is 1. The van der Waals surface area contributed by atoms with E-state index in [4.69, 9.17) is 11.6 Å². The van der Waals surface area contributed by atoms with Crippen molar-refractivity contribution in [2.75, 3.05) is 5.32 Å². The SMILES string of the molecule is CC(=O)N[C@@H](C(=O)Nc1cccc(Cl)c1)C1CCCC1. The zero-order chi connectivity index (χ0) is 14.5. The number of hydrogen-bond donors (Lipinski definition) is 2. The maximum Gasteiger partial charge on any atom is 0.247 e. The van der Waals surface area contributed by atoms with Gasteiger partial charge in [-0.2, -0.15) is 0 Å². The highest BCUT2D eigenvalue weighted by molar-refractivity contribution is 6.30. The Bertz CT molecular complexity index is 498. The summed E-state index contributed by atoms with van der Waals surface area (Å²) in [5.74, 6) is -0.129. The lowest BCUT2D eigenvalue weighted by atomic mass is 9.97. The first-order valence-corrected chi connectivity index (χ1v) is 7.27. The average molecular weight is 295 g/mol. The van der Waals surface area contributed by atoms with Crippen molar-refractivity contribution in [3.05, 3.63) is 29.3 Å². The molecule has 1 aliphatic carbocycles. The molecule has 2 amide bonds. The maximum atomic E-state index is 12.4. The van der Waals surface area contributed by atoms with E-state index in [2.05, 4.69) is 10.6 Å². The summed E-state index contributed by atoms with van der Waals surface area (Å²) < 4.78 is 0. The second-order valence-electron chi connectivity index (χ2n) is 5.22. The lowest BCUT2D eigenvalue weighted by Crippen LogP contribution is -2.47. The molecule has 0 bridgehead atoms. The van der Waals surface area contributed by atoms with Gasteiger partial charge in [0.2, 0.25) is 11.8 Å². The summed E-state index contributed by atoms with van der Waals surface area (Å²) in [5.41, 5.74) is 0.649. The molecule has 1 saturated carbocycles. The third-order valence-corrected chi connectivity index (χ3v) is 3.84. The number of rotatable bonds is 4. The van der Waals surface area contributed by atoms with E-state index in [1.165, 1.54) is 6.92 Å². The molecule has 0 unspecified atom stereocenters. The minimum absolute atomic E-state index is 0.172. The van der Waals surface area contributed by atoms with Gasteiger partial charge in [-0.25, -0.2) is 0 Å².